The third-order valence-corrected chi connectivity index (χ3v) is 5.76. The summed E-state index contributed by atoms with van der Waals surface area (Å²) in [7, 11) is 0. The van der Waals surface area contributed by atoms with Gasteiger partial charge in [0.1, 0.15) is 17.1 Å². The summed E-state index contributed by atoms with van der Waals surface area (Å²) >= 11 is 7.40. The van der Waals surface area contributed by atoms with Gasteiger partial charge < -0.3 is 10.1 Å². The van der Waals surface area contributed by atoms with Crippen molar-refractivity contribution in [3.05, 3.63) is 69.3 Å². The fourth-order valence-corrected chi connectivity index (χ4v) is 3.99. The average Bonchev–Trinajstić information content (AvgIpc) is 3.12. The Bertz CT molecular complexity index is 1310. The summed E-state index contributed by atoms with van der Waals surface area (Å²) in [6, 6.07) is 13.1. The number of pyridine rings is 2. The van der Waals surface area contributed by atoms with E-state index in [1.807, 2.05) is 32.0 Å². The number of hydrogen-bond acceptors (Lipinski definition) is 7. The quantitative estimate of drug-likeness (QED) is 0.550. The van der Waals surface area contributed by atoms with Gasteiger partial charge in [0.15, 0.2) is 10.9 Å². The average molecular weight is 464 g/mol. The third kappa shape index (κ3) is 4.74. The number of nitrogens with zero attached hydrogens (tertiary/aromatic N) is 4. The van der Waals surface area contributed by atoms with Gasteiger partial charge in [-0.15, -0.1) is 0 Å². The molecular formula is C23H18ClN5O2S. The molecule has 1 aliphatic heterocycles. The zero-order valence-electron chi connectivity index (χ0n) is 17.3. The number of aliphatic imine (C=N–C) groups is 1. The van der Waals surface area contributed by atoms with E-state index in [0.29, 0.717) is 49.7 Å². The molecular weight excluding hydrogens is 446 g/mol. The predicted molar refractivity (Wildman–Crippen MR) is 126 cm³/mol. The van der Waals surface area contributed by atoms with Crippen molar-refractivity contribution in [1.82, 2.24) is 15.3 Å². The molecule has 32 heavy (non-hydrogen) atoms. The topological polar surface area (TPSA) is 100 Å². The van der Waals surface area contributed by atoms with Crippen LogP contribution in [0.1, 0.15) is 30.7 Å². The molecule has 0 radical (unpaired) electrons. The number of thioether (sulfide) groups is 1. The lowest BCUT2D eigenvalue weighted by molar-refractivity contribution is -0.115. The second kappa shape index (κ2) is 9.39. The highest BCUT2D eigenvalue weighted by Gasteiger charge is 2.24. The van der Waals surface area contributed by atoms with Gasteiger partial charge in [-0.1, -0.05) is 29.8 Å². The molecule has 1 aromatic carbocycles. The molecule has 1 fully saturated rings. The van der Waals surface area contributed by atoms with Crippen LogP contribution in [0.2, 0.25) is 5.02 Å². The summed E-state index contributed by atoms with van der Waals surface area (Å²) in [5.74, 6) is 0.135. The molecule has 2 aromatic heterocycles. The van der Waals surface area contributed by atoms with Crippen LogP contribution in [-0.4, -0.2) is 27.1 Å². The van der Waals surface area contributed by atoms with Gasteiger partial charge in [-0.2, -0.15) is 5.26 Å². The van der Waals surface area contributed by atoms with Gasteiger partial charge in [0, 0.05) is 11.2 Å². The Morgan fingerprint density at radius 3 is 2.88 bits per heavy atom. The van der Waals surface area contributed by atoms with Gasteiger partial charge in [-0.05, 0) is 55.4 Å². The number of ether oxygens (including phenoxy) is 1. The Labute approximate surface area is 194 Å². The first-order valence-corrected chi connectivity index (χ1v) is 11.0. The second-order valence-corrected chi connectivity index (χ2v) is 8.60. The van der Waals surface area contributed by atoms with Crippen LogP contribution < -0.4 is 10.1 Å². The van der Waals surface area contributed by atoms with E-state index >= 15 is 0 Å². The first kappa shape index (κ1) is 21.8. The third-order valence-electron chi connectivity index (χ3n) is 4.44. The maximum Gasteiger partial charge on any atom is 0.264 e. The summed E-state index contributed by atoms with van der Waals surface area (Å²) in [6.45, 7) is 4.12. The number of fused-ring (bicyclic) bond motifs is 1. The van der Waals surface area contributed by atoms with Crippen LogP contribution in [0.15, 0.2) is 52.5 Å². The number of halogens is 1. The minimum absolute atomic E-state index is 0.135. The van der Waals surface area contributed by atoms with Crippen LogP contribution in [0.5, 0.6) is 5.75 Å². The predicted octanol–water partition coefficient (Wildman–Crippen LogP) is 4.70. The molecule has 1 amide bonds. The van der Waals surface area contributed by atoms with Crippen molar-refractivity contribution in [3.63, 3.8) is 0 Å². The van der Waals surface area contributed by atoms with Gasteiger partial charge in [0.05, 0.1) is 28.8 Å². The molecule has 0 unspecified atom stereocenters. The van der Waals surface area contributed by atoms with Crippen LogP contribution in [0, 0.1) is 11.3 Å². The van der Waals surface area contributed by atoms with Crippen molar-refractivity contribution >= 4 is 51.5 Å². The standard InChI is InChI=1S/C23H18ClN5O2S/c1-13(2)31-21-15(10-25)12-26-18-8-7-16(28-20(18)21)9-19-22(30)29-23(32-19)27-11-14-5-3-4-6-17(14)24/h3-9,12-13H,11H2,1-2H3,(H,27,29,30). The monoisotopic (exact) mass is 463 g/mol. The number of carbonyl (C=O) groups is 1. The van der Waals surface area contributed by atoms with Crippen molar-refractivity contribution in [3.8, 4) is 11.8 Å². The molecule has 1 aliphatic rings. The molecule has 4 rings (SSSR count). The van der Waals surface area contributed by atoms with Crippen LogP contribution in [0.3, 0.4) is 0 Å². The molecule has 3 aromatic rings. The van der Waals surface area contributed by atoms with Gasteiger partial charge in [0.2, 0.25) is 0 Å². The molecule has 160 valence electrons. The second-order valence-electron chi connectivity index (χ2n) is 7.16. The number of hydrogen-bond donors (Lipinski definition) is 1. The molecule has 3 heterocycles. The van der Waals surface area contributed by atoms with Crippen LogP contribution >= 0.6 is 23.4 Å². The largest absolute Gasteiger partial charge is 0.487 e. The van der Waals surface area contributed by atoms with Crippen LogP contribution in [0.25, 0.3) is 17.1 Å². The maximum atomic E-state index is 12.4. The summed E-state index contributed by atoms with van der Waals surface area (Å²) in [6.07, 6.45) is 3.02. The van der Waals surface area contributed by atoms with Crippen molar-refractivity contribution in [1.29, 1.82) is 5.26 Å². The first-order chi connectivity index (χ1) is 15.4. The van der Waals surface area contributed by atoms with Gasteiger partial charge in [-0.25, -0.2) is 4.98 Å². The van der Waals surface area contributed by atoms with E-state index in [9.17, 15) is 10.1 Å². The van der Waals surface area contributed by atoms with E-state index in [2.05, 4.69) is 26.3 Å². The van der Waals surface area contributed by atoms with E-state index in [-0.39, 0.29) is 12.0 Å². The van der Waals surface area contributed by atoms with Crippen LogP contribution in [0.4, 0.5) is 0 Å². The summed E-state index contributed by atoms with van der Waals surface area (Å²) < 4.78 is 5.84. The zero-order chi connectivity index (χ0) is 22.7. The summed E-state index contributed by atoms with van der Waals surface area (Å²) in [5, 5.41) is 13.3. The normalized spacial score (nSPS) is 16.0. The molecule has 1 saturated heterocycles. The van der Waals surface area contributed by atoms with E-state index in [4.69, 9.17) is 16.3 Å². The number of amides is 1. The van der Waals surface area contributed by atoms with Crippen molar-refractivity contribution in [2.45, 2.75) is 26.5 Å². The lowest BCUT2D eigenvalue weighted by Gasteiger charge is -2.13. The Balaban J connectivity index is 1.62. The minimum Gasteiger partial charge on any atom is -0.487 e. The number of carbonyl (C=O) groups excluding carboxylic acids is 1. The molecule has 9 heteroatoms. The molecule has 0 atom stereocenters. The Morgan fingerprint density at radius 1 is 1.31 bits per heavy atom. The van der Waals surface area contributed by atoms with Crippen LogP contribution in [-0.2, 0) is 11.3 Å². The Kier molecular flexibility index (Phi) is 6.40. The van der Waals surface area contributed by atoms with E-state index in [1.165, 1.54) is 18.0 Å². The first-order valence-electron chi connectivity index (χ1n) is 9.80. The molecule has 0 spiro atoms. The highest BCUT2D eigenvalue weighted by atomic mass is 35.5. The molecule has 0 bridgehead atoms. The number of rotatable bonds is 5. The number of amidine groups is 1. The Morgan fingerprint density at radius 2 is 2.12 bits per heavy atom. The molecule has 7 nitrogen and oxygen atoms in total. The fraction of sp³-hybridized carbons (Fsp3) is 0.174. The smallest absolute Gasteiger partial charge is 0.264 e. The Hall–Kier alpha value is -3.41. The zero-order valence-corrected chi connectivity index (χ0v) is 18.9. The lowest BCUT2D eigenvalue weighted by Crippen LogP contribution is -2.19. The highest BCUT2D eigenvalue weighted by molar-refractivity contribution is 8.18. The number of nitriles is 1. The molecule has 1 N–H and O–H groups in total. The lowest BCUT2D eigenvalue weighted by atomic mass is 10.2. The van der Waals surface area contributed by atoms with Crippen molar-refractivity contribution < 1.29 is 9.53 Å². The number of nitrogens with one attached hydrogen (secondary N) is 1. The van der Waals surface area contributed by atoms with Gasteiger partial charge >= 0.3 is 0 Å². The van der Waals surface area contributed by atoms with Gasteiger partial charge in [0.25, 0.3) is 5.91 Å². The number of benzene rings is 1. The minimum atomic E-state index is -0.252. The molecule has 0 saturated carbocycles. The highest BCUT2D eigenvalue weighted by Crippen LogP contribution is 2.30. The summed E-state index contributed by atoms with van der Waals surface area (Å²) in [4.78, 5) is 26.2. The molecule has 0 aliphatic carbocycles. The summed E-state index contributed by atoms with van der Waals surface area (Å²) in [5.41, 5.74) is 2.82. The van der Waals surface area contributed by atoms with Crippen molar-refractivity contribution in [2.24, 2.45) is 4.99 Å². The fourth-order valence-electron chi connectivity index (χ4n) is 2.99. The van der Waals surface area contributed by atoms with E-state index in [0.717, 1.165) is 5.56 Å². The maximum absolute atomic E-state index is 12.4. The SMILES string of the molecule is CC(C)Oc1c(C#N)cnc2ccc(C=C3SC(=NCc4ccccc4Cl)NC3=O)nc12. The van der Waals surface area contributed by atoms with Gasteiger partial charge in [-0.3, -0.25) is 14.8 Å². The van der Waals surface area contributed by atoms with Crippen molar-refractivity contribution in [2.75, 3.05) is 0 Å². The van der Waals surface area contributed by atoms with E-state index in [1.54, 1.807) is 24.3 Å². The van der Waals surface area contributed by atoms with E-state index < -0.39 is 0 Å². The number of aromatic nitrogens is 2.